The predicted molar refractivity (Wildman–Crippen MR) is 146 cm³/mol. The summed E-state index contributed by atoms with van der Waals surface area (Å²) in [5.41, 5.74) is 5.62. The molecule has 6 aromatic heterocycles. The van der Waals surface area contributed by atoms with Crippen LogP contribution in [-0.4, -0.2) is 41.0 Å². The van der Waals surface area contributed by atoms with Gasteiger partial charge >= 0.3 is 0 Å². The molecule has 6 heterocycles. The number of hydrogen-bond donors (Lipinski definition) is 3. The Bertz CT molecular complexity index is 1790. The second kappa shape index (κ2) is 8.59. The number of nitrogens with zero attached hydrogens (tertiary/aromatic N) is 5. The Hall–Kier alpha value is -4.44. The molecule has 184 valence electrons. The van der Waals surface area contributed by atoms with E-state index in [1.54, 1.807) is 36.1 Å². The molecule has 37 heavy (non-hydrogen) atoms. The smallest absolute Gasteiger partial charge is 0.229 e. The van der Waals surface area contributed by atoms with Gasteiger partial charge in [-0.05, 0) is 37.3 Å². The van der Waals surface area contributed by atoms with Crippen molar-refractivity contribution >= 4 is 44.9 Å². The Morgan fingerprint density at radius 1 is 1.00 bits per heavy atom. The van der Waals surface area contributed by atoms with Crippen LogP contribution >= 0.6 is 11.3 Å². The third-order valence-electron chi connectivity index (χ3n) is 6.02. The lowest BCUT2D eigenvalue weighted by Crippen LogP contribution is -2.27. The number of anilines is 1. The van der Waals surface area contributed by atoms with Crippen molar-refractivity contribution < 1.29 is 4.79 Å². The molecule has 0 aliphatic carbocycles. The molecule has 3 N–H and O–H groups in total. The Morgan fingerprint density at radius 2 is 1.86 bits per heavy atom. The maximum Gasteiger partial charge on any atom is 0.229 e. The molecule has 1 amide bonds. The zero-order valence-electron chi connectivity index (χ0n) is 20.7. The summed E-state index contributed by atoms with van der Waals surface area (Å²) in [4.78, 5) is 36.5. The maximum atomic E-state index is 12.4. The quantitative estimate of drug-likeness (QED) is 0.269. The molecule has 0 bridgehead atoms. The van der Waals surface area contributed by atoms with Crippen molar-refractivity contribution in [1.29, 1.82) is 0 Å². The summed E-state index contributed by atoms with van der Waals surface area (Å²) in [6.07, 6.45) is 6.89. The SMILES string of the molecule is Cc1ccc(-c2nccc3[nH]c(-c4n[nH]c5cnc(-c6cncc(NC(=O)C(C)(C)C)c6)cc45)nc23)s1. The highest BCUT2D eigenvalue weighted by atomic mass is 32.1. The molecule has 0 aromatic carbocycles. The van der Waals surface area contributed by atoms with Gasteiger partial charge in [0.15, 0.2) is 5.82 Å². The first-order valence-electron chi connectivity index (χ1n) is 11.8. The molecular weight excluding hydrogens is 484 g/mol. The summed E-state index contributed by atoms with van der Waals surface area (Å²) < 4.78 is 0. The van der Waals surface area contributed by atoms with Gasteiger partial charge in [-0.25, -0.2) is 4.98 Å². The lowest BCUT2D eigenvalue weighted by atomic mass is 9.95. The maximum absolute atomic E-state index is 12.4. The lowest BCUT2D eigenvalue weighted by Gasteiger charge is -2.17. The van der Waals surface area contributed by atoms with Gasteiger partial charge in [-0.15, -0.1) is 11.3 Å². The summed E-state index contributed by atoms with van der Waals surface area (Å²) >= 11 is 1.69. The van der Waals surface area contributed by atoms with Crippen LogP contribution in [0.15, 0.2) is 55.1 Å². The van der Waals surface area contributed by atoms with Crippen LogP contribution in [0, 0.1) is 12.3 Å². The van der Waals surface area contributed by atoms with E-state index in [4.69, 9.17) is 4.98 Å². The van der Waals surface area contributed by atoms with Gasteiger partial charge in [-0.3, -0.25) is 24.8 Å². The number of carbonyl (C=O) groups is 1. The number of aromatic nitrogens is 7. The van der Waals surface area contributed by atoms with Gasteiger partial charge in [0, 0.05) is 33.6 Å². The zero-order valence-corrected chi connectivity index (χ0v) is 21.6. The number of nitrogens with one attached hydrogen (secondary N) is 3. The lowest BCUT2D eigenvalue weighted by molar-refractivity contribution is -0.123. The number of pyridine rings is 3. The van der Waals surface area contributed by atoms with Crippen molar-refractivity contribution in [2.75, 3.05) is 5.32 Å². The van der Waals surface area contributed by atoms with E-state index < -0.39 is 5.41 Å². The average molecular weight is 509 g/mol. The number of imidazole rings is 1. The van der Waals surface area contributed by atoms with Gasteiger partial charge in [-0.2, -0.15) is 5.10 Å². The fraction of sp³-hybridized carbons (Fsp3) is 0.185. The van der Waals surface area contributed by atoms with E-state index in [1.165, 1.54) is 4.88 Å². The van der Waals surface area contributed by atoms with E-state index in [2.05, 4.69) is 54.5 Å². The van der Waals surface area contributed by atoms with Crippen molar-refractivity contribution in [1.82, 2.24) is 35.1 Å². The molecule has 0 fully saturated rings. The number of fused-ring (bicyclic) bond motifs is 2. The summed E-state index contributed by atoms with van der Waals surface area (Å²) in [7, 11) is 0. The van der Waals surface area contributed by atoms with E-state index in [0.717, 1.165) is 38.1 Å². The van der Waals surface area contributed by atoms with Crippen LogP contribution in [0.1, 0.15) is 25.6 Å². The topological polar surface area (TPSA) is 125 Å². The molecular formula is C27H24N8OS. The molecule has 0 radical (unpaired) electrons. The van der Waals surface area contributed by atoms with Crippen molar-refractivity contribution in [2.24, 2.45) is 5.41 Å². The number of hydrogen-bond acceptors (Lipinski definition) is 7. The predicted octanol–water partition coefficient (Wildman–Crippen LogP) is 5.98. The number of aryl methyl sites for hydroxylation is 1. The second-order valence-corrected chi connectivity index (χ2v) is 11.2. The third kappa shape index (κ3) is 4.25. The fourth-order valence-electron chi connectivity index (χ4n) is 4.01. The summed E-state index contributed by atoms with van der Waals surface area (Å²) in [6, 6.07) is 9.90. The van der Waals surface area contributed by atoms with Crippen LogP contribution < -0.4 is 5.32 Å². The van der Waals surface area contributed by atoms with E-state index in [1.807, 2.05) is 39.0 Å². The molecule has 0 aliphatic rings. The minimum Gasteiger partial charge on any atom is -0.336 e. The summed E-state index contributed by atoms with van der Waals surface area (Å²) in [5.74, 6) is 0.564. The number of thiophene rings is 1. The minimum atomic E-state index is -0.511. The number of carbonyl (C=O) groups excluding carboxylic acids is 1. The summed E-state index contributed by atoms with van der Waals surface area (Å²) in [6.45, 7) is 7.69. The third-order valence-corrected chi connectivity index (χ3v) is 7.03. The van der Waals surface area contributed by atoms with Gasteiger partial charge in [0.1, 0.15) is 16.9 Å². The first-order valence-corrected chi connectivity index (χ1v) is 12.6. The Labute approximate surface area is 216 Å². The Kier molecular flexibility index (Phi) is 5.34. The molecule has 0 saturated heterocycles. The van der Waals surface area contributed by atoms with Crippen LogP contribution in [-0.2, 0) is 4.79 Å². The van der Waals surface area contributed by atoms with E-state index in [-0.39, 0.29) is 5.91 Å². The standard InChI is InChI=1S/C27H24N8OS/c1-14-5-6-21(37-14)24-23-18(7-8-29-24)32-25(33-23)22-17-10-19(30-13-20(17)34-35-22)15-9-16(12-28-11-15)31-26(36)27(2,3)4/h5-13H,1-4H3,(H,31,36)(H,32,33)(H,34,35). The van der Waals surface area contributed by atoms with Crippen LogP contribution in [0.25, 0.3) is 55.3 Å². The molecule has 10 heteroatoms. The fourth-order valence-corrected chi connectivity index (χ4v) is 4.88. The molecule has 9 nitrogen and oxygen atoms in total. The summed E-state index contributed by atoms with van der Waals surface area (Å²) in [5, 5.41) is 11.4. The van der Waals surface area contributed by atoms with E-state index in [9.17, 15) is 4.79 Å². The van der Waals surface area contributed by atoms with Crippen molar-refractivity contribution in [3.8, 4) is 33.3 Å². The van der Waals surface area contributed by atoms with Crippen LogP contribution in [0.4, 0.5) is 5.69 Å². The molecule has 6 rings (SSSR count). The molecule has 0 spiro atoms. The number of aromatic amines is 2. The van der Waals surface area contributed by atoms with Crippen molar-refractivity contribution in [3.63, 3.8) is 0 Å². The molecule has 0 saturated carbocycles. The van der Waals surface area contributed by atoms with Gasteiger partial charge in [0.2, 0.25) is 5.91 Å². The molecule has 0 atom stereocenters. The van der Waals surface area contributed by atoms with Crippen LogP contribution in [0.5, 0.6) is 0 Å². The highest BCUT2D eigenvalue weighted by Gasteiger charge is 2.22. The highest BCUT2D eigenvalue weighted by molar-refractivity contribution is 7.15. The van der Waals surface area contributed by atoms with Gasteiger partial charge in [0.05, 0.1) is 39.7 Å². The first kappa shape index (κ1) is 23.0. The Morgan fingerprint density at radius 3 is 2.65 bits per heavy atom. The largest absolute Gasteiger partial charge is 0.336 e. The average Bonchev–Trinajstić information content (AvgIpc) is 3.60. The van der Waals surface area contributed by atoms with Crippen LogP contribution in [0.2, 0.25) is 0 Å². The monoisotopic (exact) mass is 508 g/mol. The first-order chi connectivity index (χ1) is 17.8. The van der Waals surface area contributed by atoms with Crippen molar-refractivity contribution in [2.45, 2.75) is 27.7 Å². The van der Waals surface area contributed by atoms with E-state index >= 15 is 0 Å². The molecule has 6 aromatic rings. The zero-order chi connectivity index (χ0) is 25.7. The normalized spacial score (nSPS) is 11.9. The number of rotatable bonds is 4. The van der Waals surface area contributed by atoms with Gasteiger partial charge in [-0.1, -0.05) is 20.8 Å². The molecule has 0 aliphatic heterocycles. The van der Waals surface area contributed by atoms with Crippen molar-refractivity contribution in [3.05, 3.63) is 60.0 Å². The molecule has 0 unspecified atom stereocenters. The van der Waals surface area contributed by atoms with Crippen LogP contribution in [0.3, 0.4) is 0 Å². The number of amides is 1. The number of H-pyrrole nitrogens is 2. The van der Waals surface area contributed by atoms with Gasteiger partial charge in [0.25, 0.3) is 0 Å². The Balaban J connectivity index is 1.40. The highest BCUT2D eigenvalue weighted by Crippen LogP contribution is 2.34. The van der Waals surface area contributed by atoms with Gasteiger partial charge < -0.3 is 10.3 Å². The minimum absolute atomic E-state index is 0.0802. The van der Waals surface area contributed by atoms with E-state index in [0.29, 0.717) is 22.9 Å². The second-order valence-electron chi connectivity index (χ2n) is 9.91.